The first kappa shape index (κ1) is 14.1. The highest BCUT2D eigenvalue weighted by Gasteiger charge is 2.36. The fraction of sp³-hybridized carbons (Fsp3) is 0.364. The molecule has 0 radical (unpaired) electrons. The van der Waals surface area contributed by atoms with Crippen molar-refractivity contribution in [2.75, 3.05) is 0 Å². The number of nitrogens with zero attached hydrogens (tertiary/aromatic N) is 3. The Morgan fingerprint density at radius 1 is 1.45 bits per heavy atom. The Bertz CT molecular complexity index is 758. The van der Waals surface area contributed by atoms with Crippen LogP contribution in [0, 0.1) is 6.92 Å². The second-order valence-electron chi connectivity index (χ2n) is 4.28. The standard InChI is InChI=1S/C11H10F3N3O3/c1-5-9-6(11(12,13)14)3-7(18)17(4-8(19)20)10(9)16(2)15-5/h3H,4H2,1-2H3,(H,19,20). The molecule has 0 saturated carbocycles. The van der Waals surface area contributed by atoms with Crippen molar-refractivity contribution in [2.24, 2.45) is 7.05 Å². The van der Waals surface area contributed by atoms with Gasteiger partial charge in [-0.3, -0.25) is 18.8 Å². The number of halogens is 3. The highest BCUT2D eigenvalue weighted by Crippen LogP contribution is 2.34. The molecule has 2 rings (SSSR count). The molecule has 2 aromatic rings. The van der Waals surface area contributed by atoms with Crippen LogP contribution < -0.4 is 5.56 Å². The summed E-state index contributed by atoms with van der Waals surface area (Å²) in [6.45, 7) is 0.638. The molecule has 0 unspecified atom stereocenters. The third-order valence-corrected chi connectivity index (χ3v) is 2.85. The number of carboxylic acids is 1. The summed E-state index contributed by atoms with van der Waals surface area (Å²) in [5.74, 6) is -1.33. The van der Waals surface area contributed by atoms with Crippen molar-refractivity contribution < 1.29 is 23.1 Å². The summed E-state index contributed by atoms with van der Waals surface area (Å²) in [4.78, 5) is 22.5. The van der Waals surface area contributed by atoms with E-state index in [1.807, 2.05) is 0 Å². The summed E-state index contributed by atoms with van der Waals surface area (Å²) in [7, 11) is 1.35. The minimum Gasteiger partial charge on any atom is -0.480 e. The normalized spacial score (nSPS) is 12.1. The molecule has 2 heterocycles. The Morgan fingerprint density at radius 2 is 2.05 bits per heavy atom. The van der Waals surface area contributed by atoms with Crippen molar-refractivity contribution in [1.82, 2.24) is 14.3 Å². The van der Waals surface area contributed by atoms with Gasteiger partial charge in [0, 0.05) is 13.1 Å². The van der Waals surface area contributed by atoms with E-state index in [9.17, 15) is 22.8 Å². The van der Waals surface area contributed by atoms with E-state index in [1.54, 1.807) is 0 Å². The summed E-state index contributed by atoms with van der Waals surface area (Å²) in [6.07, 6.45) is -4.71. The first-order valence-corrected chi connectivity index (χ1v) is 5.49. The number of alkyl halides is 3. The van der Waals surface area contributed by atoms with Crippen LogP contribution in [0.2, 0.25) is 0 Å². The van der Waals surface area contributed by atoms with Gasteiger partial charge in [0.2, 0.25) is 0 Å². The predicted molar refractivity (Wildman–Crippen MR) is 62.3 cm³/mol. The van der Waals surface area contributed by atoms with E-state index in [0.717, 1.165) is 9.25 Å². The molecule has 0 spiro atoms. The highest BCUT2D eigenvalue weighted by atomic mass is 19.4. The van der Waals surface area contributed by atoms with Crippen molar-refractivity contribution in [3.8, 4) is 0 Å². The van der Waals surface area contributed by atoms with Gasteiger partial charge in [-0.05, 0) is 6.92 Å². The van der Waals surface area contributed by atoms with Crippen LogP contribution in [0.3, 0.4) is 0 Å². The van der Waals surface area contributed by atoms with Crippen LogP contribution in [0.1, 0.15) is 11.3 Å². The molecule has 108 valence electrons. The Balaban J connectivity index is 2.96. The van der Waals surface area contributed by atoms with Gasteiger partial charge in [-0.25, -0.2) is 0 Å². The van der Waals surface area contributed by atoms with Crippen molar-refractivity contribution in [2.45, 2.75) is 19.6 Å². The Kier molecular flexibility index (Phi) is 3.07. The molecule has 0 aliphatic heterocycles. The van der Waals surface area contributed by atoms with Gasteiger partial charge in [-0.15, -0.1) is 0 Å². The summed E-state index contributed by atoms with van der Waals surface area (Å²) in [5.41, 5.74) is -2.22. The van der Waals surface area contributed by atoms with E-state index >= 15 is 0 Å². The number of fused-ring (bicyclic) bond motifs is 1. The fourth-order valence-corrected chi connectivity index (χ4v) is 2.16. The summed E-state index contributed by atoms with van der Waals surface area (Å²) in [5, 5.41) is 12.3. The SMILES string of the molecule is Cc1nn(C)c2c1c(C(F)(F)F)cc(=O)n2CC(=O)O. The van der Waals surface area contributed by atoms with Gasteiger partial charge < -0.3 is 5.11 Å². The average Bonchev–Trinajstić information content (AvgIpc) is 2.56. The predicted octanol–water partition coefficient (Wildman–Crippen LogP) is 1.15. The second kappa shape index (κ2) is 4.36. The minimum atomic E-state index is -4.71. The molecule has 0 aliphatic rings. The van der Waals surface area contributed by atoms with Crippen LogP contribution in [0.15, 0.2) is 10.9 Å². The van der Waals surface area contributed by atoms with E-state index in [0.29, 0.717) is 6.07 Å². The molecular formula is C11H10F3N3O3. The molecule has 9 heteroatoms. The largest absolute Gasteiger partial charge is 0.480 e. The van der Waals surface area contributed by atoms with Gasteiger partial charge in [0.05, 0.1) is 16.6 Å². The fourth-order valence-electron chi connectivity index (χ4n) is 2.16. The number of carboxylic acid groups (broad SMARTS) is 1. The Labute approximate surface area is 110 Å². The third kappa shape index (κ3) is 2.15. The highest BCUT2D eigenvalue weighted by molar-refractivity contribution is 5.84. The van der Waals surface area contributed by atoms with Crippen LogP contribution >= 0.6 is 0 Å². The molecule has 0 aliphatic carbocycles. The number of pyridine rings is 1. The number of aliphatic carboxylic acids is 1. The average molecular weight is 289 g/mol. The molecule has 2 aromatic heterocycles. The number of rotatable bonds is 2. The van der Waals surface area contributed by atoms with Crippen LogP contribution in [0.5, 0.6) is 0 Å². The zero-order chi connectivity index (χ0) is 15.2. The van der Waals surface area contributed by atoms with Crippen molar-refractivity contribution >= 4 is 17.0 Å². The number of hydrogen-bond donors (Lipinski definition) is 1. The number of hydrogen-bond acceptors (Lipinski definition) is 3. The lowest BCUT2D eigenvalue weighted by molar-refractivity contribution is -0.137. The van der Waals surface area contributed by atoms with E-state index < -0.39 is 29.8 Å². The lowest BCUT2D eigenvalue weighted by Crippen LogP contribution is -2.27. The van der Waals surface area contributed by atoms with Crippen LogP contribution in [-0.4, -0.2) is 25.4 Å². The van der Waals surface area contributed by atoms with E-state index in [2.05, 4.69) is 5.10 Å². The van der Waals surface area contributed by atoms with Gasteiger partial charge in [0.1, 0.15) is 12.2 Å². The zero-order valence-electron chi connectivity index (χ0n) is 10.5. The summed E-state index contributed by atoms with van der Waals surface area (Å²) < 4.78 is 40.8. The first-order valence-electron chi connectivity index (χ1n) is 5.49. The first-order chi connectivity index (χ1) is 9.12. The number of aromatic nitrogens is 3. The molecule has 0 amide bonds. The molecule has 0 atom stereocenters. The van der Waals surface area contributed by atoms with Gasteiger partial charge in [-0.2, -0.15) is 18.3 Å². The topological polar surface area (TPSA) is 77.1 Å². The summed E-state index contributed by atoms with van der Waals surface area (Å²) in [6, 6.07) is 0.403. The maximum Gasteiger partial charge on any atom is 0.417 e. The van der Waals surface area contributed by atoms with Crippen LogP contribution in [0.25, 0.3) is 11.0 Å². The molecule has 6 nitrogen and oxygen atoms in total. The van der Waals surface area contributed by atoms with Crippen LogP contribution in [0.4, 0.5) is 13.2 Å². The Hall–Kier alpha value is -2.32. The molecule has 0 saturated heterocycles. The second-order valence-corrected chi connectivity index (χ2v) is 4.28. The van der Waals surface area contributed by atoms with Crippen molar-refractivity contribution in [3.05, 3.63) is 27.7 Å². The van der Waals surface area contributed by atoms with E-state index in [1.165, 1.54) is 14.0 Å². The molecule has 0 bridgehead atoms. The van der Waals surface area contributed by atoms with Crippen LogP contribution in [-0.2, 0) is 24.6 Å². The molecule has 0 aromatic carbocycles. The molecule has 20 heavy (non-hydrogen) atoms. The maximum atomic E-state index is 13.0. The van der Waals surface area contributed by atoms with Gasteiger partial charge >= 0.3 is 12.1 Å². The quantitative estimate of drug-likeness (QED) is 0.899. The van der Waals surface area contributed by atoms with Gasteiger partial charge in [0.15, 0.2) is 0 Å². The van der Waals surface area contributed by atoms with Gasteiger partial charge in [0.25, 0.3) is 5.56 Å². The molecule has 1 N–H and O–H groups in total. The van der Waals surface area contributed by atoms with E-state index in [-0.39, 0.29) is 16.7 Å². The third-order valence-electron chi connectivity index (χ3n) is 2.85. The lowest BCUT2D eigenvalue weighted by Gasteiger charge is -2.12. The number of aryl methyl sites for hydroxylation is 2. The molecule has 0 fully saturated rings. The maximum absolute atomic E-state index is 13.0. The van der Waals surface area contributed by atoms with E-state index in [4.69, 9.17) is 5.11 Å². The smallest absolute Gasteiger partial charge is 0.417 e. The lowest BCUT2D eigenvalue weighted by atomic mass is 10.1. The van der Waals surface area contributed by atoms with Gasteiger partial charge in [-0.1, -0.05) is 0 Å². The van der Waals surface area contributed by atoms with Crippen molar-refractivity contribution in [1.29, 1.82) is 0 Å². The minimum absolute atomic E-state index is 0.0777. The van der Waals surface area contributed by atoms with Crippen molar-refractivity contribution in [3.63, 3.8) is 0 Å². The summed E-state index contributed by atoms with van der Waals surface area (Å²) >= 11 is 0. The molecular weight excluding hydrogens is 279 g/mol. The Morgan fingerprint density at radius 3 is 2.55 bits per heavy atom. The monoisotopic (exact) mass is 289 g/mol. The zero-order valence-corrected chi connectivity index (χ0v) is 10.5. The number of carbonyl (C=O) groups is 1.